The van der Waals surface area contributed by atoms with E-state index < -0.39 is 10.0 Å². The zero-order chi connectivity index (χ0) is 14.6. The minimum atomic E-state index is -3.85. The molecule has 2 aromatic rings. The first-order valence-electron chi connectivity index (χ1n) is 5.75. The Kier molecular flexibility index (Phi) is 3.90. The second kappa shape index (κ2) is 5.62. The standard InChI is InChI=1S/C13H14N4O2S/c14-10-6-8-12(9-7-10)20(18,19)17-13(15)16-11-4-2-1-3-5-11/h1-9H,14H2,(H3,15,16,17). The van der Waals surface area contributed by atoms with Crippen LogP contribution in [0.5, 0.6) is 0 Å². The fourth-order valence-electron chi connectivity index (χ4n) is 1.51. The summed E-state index contributed by atoms with van der Waals surface area (Å²) in [5.74, 6) is -0.201. The summed E-state index contributed by atoms with van der Waals surface area (Å²) in [7, 11) is -3.85. The van der Waals surface area contributed by atoms with Gasteiger partial charge in [-0.3, -0.25) is 0 Å². The molecule has 104 valence electrons. The Labute approximate surface area is 117 Å². The third kappa shape index (κ3) is 3.48. The number of nitrogens with two attached hydrogens (primary N) is 2. The number of hydrogen-bond donors (Lipinski definition) is 3. The van der Waals surface area contributed by atoms with Crippen LogP contribution in [0.2, 0.25) is 0 Å². The molecule has 0 radical (unpaired) electrons. The van der Waals surface area contributed by atoms with Crippen molar-refractivity contribution in [1.82, 2.24) is 0 Å². The van der Waals surface area contributed by atoms with E-state index in [-0.39, 0.29) is 10.9 Å². The van der Waals surface area contributed by atoms with Gasteiger partial charge in [0.1, 0.15) is 0 Å². The van der Waals surface area contributed by atoms with Gasteiger partial charge in [-0.25, -0.2) is 0 Å². The van der Waals surface area contributed by atoms with Crippen molar-refractivity contribution in [1.29, 1.82) is 0 Å². The molecule has 0 saturated carbocycles. The Morgan fingerprint density at radius 1 is 1.00 bits per heavy atom. The monoisotopic (exact) mass is 290 g/mol. The quantitative estimate of drug-likeness (QED) is 0.449. The molecule has 0 fully saturated rings. The summed E-state index contributed by atoms with van der Waals surface area (Å²) in [5, 5.41) is 2.70. The molecule has 0 saturated heterocycles. The van der Waals surface area contributed by atoms with E-state index in [9.17, 15) is 8.42 Å². The molecule has 0 bridgehead atoms. The van der Waals surface area contributed by atoms with Crippen molar-refractivity contribution in [2.75, 3.05) is 11.1 Å². The topological polar surface area (TPSA) is 111 Å². The molecule has 2 aromatic carbocycles. The summed E-state index contributed by atoms with van der Waals surface area (Å²) in [4.78, 5) is 0.0320. The maximum atomic E-state index is 12.0. The number of guanidine groups is 1. The average molecular weight is 290 g/mol. The van der Waals surface area contributed by atoms with Crippen LogP contribution in [0.25, 0.3) is 0 Å². The van der Waals surface area contributed by atoms with E-state index >= 15 is 0 Å². The third-order valence-corrected chi connectivity index (χ3v) is 3.75. The number of nitrogen functional groups attached to an aromatic ring is 1. The average Bonchev–Trinajstić information content (AvgIpc) is 2.39. The minimum absolute atomic E-state index is 0.0320. The molecule has 0 spiro atoms. The summed E-state index contributed by atoms with van der Waals surface area (Å²) >= 11 is 0. The van der Waals surface area contributed by atoms with Crippen LogP contribution in [-0.2, 0) is 10.0 Å². The van der Waals surface area contributed by atoms with Gasteiger partial charge in [-0.2, -0.15) is 8.42 Å². The van der Waals surface area contributed by atoms with Gasteiger partial charge in [-0.1, -0.05) is 18.2 Å². The first kappa shape index (κ1) is 13.9. The molecule has 20 heavy (non-hydrogen) atoms. The number of para-hydroxylation sites is 1. The van der Waals surface area contributed by atoms with Crippen molar-refractivity contribution < 1.29 is 8.42 Å². The fourth-order valence-corrected chi connectivity index (χ4v) is 2.40. The number of nitrogens with zero attached hydrogens (tertiary/aromatic N) is 1. The first-order chi connectivity index (χ1) is 9.47. The predicted molar refractivity (Wildman–Crippen MR) is 79.7 cm³/mol. The van der Waals surface area contributed by atoms with Crippen LogP contribution in [0.15, 0.2) is 63.9 Å². The Morgan fingerprint density at radius 2 is 1.60 bits per heavy atom. The summed E-state index contributed by atoms with van der Waals surface area (Å²) < 4.78 is 27.5. The molecule has 0 aromatic heterocycles. The zero-order valence-corrected chi connectivity index (χ0v) is 11.3. The number of benzene rings is 2. The maximum absolute atomic E-state index is 12.0. The van der Waals surface area contributed by atoms with Crippen molar-refractivity contribution in [2.24, 2.45) is 10.1 Å². The van der Waals surface area contributed by atoms with E-state index in [1.54, 1.807) is 24.3 Å². The molecule has 7 heteroatoms. The second-order valence-corrected chi connectivity index (χ2v) is 5.62. The molecule has 0 heterocycles. The summed E-state index contributed by atoms with van der Waals surface area (Å²) in [6, 6.07) is 14.7. The van der Waals surface area contributed by atoms with Gasteiger partial charge in [0.15, 0.2) is 0 Å². The summed E-state index contributed by atoms with van der Waals surface area (Å²) in [6.45, 7) is 0. The molecule has 0 atom stereocenters. The number of rotatable bonds is 3. The molecule has 0 unspecified atom stereocenters. The first-order valence-corrected chi connectivity index (χ1v) is 7.19. The number of nitrogens with one attached hydrogen (secondary N) is 1. The largest absolute Gasteiger partial charge is 0.399 e. The molecule has 0 aliphatic heterocycles. The normalized spacial score (nSPS) is 12.1. The van der Waals surface area contributed by atoms with Crippen LogP contribution in [0.1, 0.15) is 0 Å². The van der Waals surface area contributed by atoms with Crippen LogP contribution in [0.4, 0.5) is 11.4 Å². The van der Waals surface area contributed by atoms with Gasteiger partial charge in [-0.15, -0.1) is 4.40 Å². The lowest BCUT2D eigenvalue weighted by Crippen LogP contribution is -2.24. The highest BCUT2D eigenvalue weighted by Crippen LogP contribution is 2.14. The van der Waals surface area contributed by atoms with Gasteiger partial charge in [0.2, 0.25) is 5.96 Å². The summed E-state index contributed by atoms with van der Waals surface area (Å²) in [5.41, 5.74) is 12.2. The molecule has 0 amide bonds. The van der Waals surface area contributed by atoms with Gasteiger partial charge < -0.3 is 16.8 Å². The van der Waals surface area contributed by atoms with E-state index in [0.717, 1.165) is 0 Å². The van der Waals surface area contributed by atoms with E-state index in [2.05, 4.69) is 9.71 Å². The third-order valence-electron chi connectivity index (χ3n) is 2.44. The highest BCUT2D eigenvalue weighted by Gasteiger charge is 2.13. The Balaban J connectivity index is 2.22. The molecular weight excluding hydrogens is 276 g/mol. The molecular formula is C13H14N4O2S. The Bertz CT molecular complexity index is 710. The van der Waals surface area contributed by atoms with E-state index in [4.69, 9.17) is 11.5 Å². The van der Waals surface area contributed by atoms with Gasteiger partial charge >= 0.3 is 0 Å². The van der Waals surface area contributed by atoms with E-state index in [1.807, 2.05) is 6.07 Å². The predicted octanol–water partition coefficient (Wildman–Crippen LogP) is 1.38. The van der Waals surface area contributed by atoms with Gasteiger partial charge in [0.25, 0.3) is 10.0 Å². The van der Waals surface area contributed by atoms with Crippen molar-refractivity contribution >= 4 is 27.4 Å². The summed E-state index contributed by atoms with van der Waals surface area (Å²) in [6.07, 6.45) is 0. The maximum Gasteiger partial charge on any atom is 0.285 e. The van der Waals surface area contributed by atoms with Crippen LogP contribution >= 0.6 is 0 Å². The van der Waals surface area contributed by atoms with Crippen LogP contribution < -0.4 is 16.8 Å². The lowest BCUT2D eigenvalue weighted by atomic mass is 10.3. The second-order valence-electron chi connectivity index (χ2n) is 4.01. The Hall–Kier alpha value is -2.54. The van der Waals surface area contributed by atoms with Crippen molar-refractivity contribution in [2.45, 2.75) is 4.90 Å². The molecule has 0 aliphatic rings. The van der Waals surface area contributed by atoms with Crippen LogP contribution in [-0.4, -0.2) is 14.4 Å². The Morgan fingerprint density at radius 3 is 2.20 bits per heavy atom. The fraction of sp³-hybridized carbons (Fsp3) is 0. The van der Waals surface area contributed by atoms with Gasteiger partial charge in [0.05, 0.1) is 4.90 Å². The number of anilines is 2. The van der Waals surface area contributed by atoms with Crippen molar-refractivity contribution in [3.8, 4) is 0 Å². The van der Waals surface area contributed by atoms with Crippen molar-refractivity contribution in [3.63, 3.8) is 0 Å². The molecule has 5 N–H and O–H groups in total. The SMILES string of the molecule is N/C(=N\S(=O)(=O)c1ccc(N)cc1)Nc1ccccc1. The van der Waals surface area contributed by atoms with Crippen LogP contribution in [0, 0.1) is 0 Å². The molecule has 6 nitrogen and oxygen atoms in total. The molecule has 2 rings (SSSR count). The van der Waals surface area contributed by atoms with E-state index in [1.165, 1.54) is 24.3 Å². The number of sulfonamides is 1. The molecule has 0 aliphatic carbocycles. The van der Waals surface area contributed by atoms with E-state index in [0.29, 0.717) is 11.4 Å². The lowest BCUT2D eigenvalue weighted by Gasteiger charge is -2.05. The van der Waals surface area contributed by atoms with Gasteiger partial charge in [-0.05, 0) is 36.4 Å². The number of hydrogen-bond acceptors (Lipinski definition) is 3. The van der Waals surface area contributed by atoms with Crippen LogP contribution in [0.3, 0.4) is 0 Å². The smallest absolute Gasteiger partial charge is 0.285 e. The van der Waals surface area contributed by atoms with Gasteiger partial charge in [0, 0.05) is 11.4 Å². The minimum Gasteiger partial charge on any atom is -0.399 e. The van der Waals surface area contributed by atoms with Crippen molar-refractivity contribution in [3.05, 3.63) is 54.6 Å². The zero-order valence-electron chi connectivity index (χ0n) is 10.5. The lowest BCUT2D eigenvalue weighted by molar-refractivity contribution is 0.598. The highest BCUT2D eigenvalue weighted by molar-refractivity contribution is 7.90. The highest BCUT2D eigenvalue weighted by atomic mass is 32.2.